The van der Waals surface area contributed by atoms with E-state index in [-0.39, 0.29) is 24.4 Å². The van der Waals surface area contributed by atoms with Gasteiger partial charge in [0.15, 0.2) is 0 Å². The number of hydrogen-bond donors (Lipinski definition) is 2. The SMILES string of the molecule is Cc1ccc(CN(C)CC(=O)Nc2ccccc2C(=O)NC2CCCC2)o1. The lowest BCUT2D eigenvalue weighted by atomic mass is 10.1. The highest BCUT2D eigenvalue weighted by Crippen LogP contribution is 2.20. The van der Waals surface area contributed by atoms with Crippen LogP contribution in [0, 0.1) is 6.92 Å². The van der Waals surface area contributed by atoms with Crippen molar-refractivity contribution < 1.29 is 14.0 Å². The van der Waals surface area contributed by atoms with Crippen LogP contribution in [0.2, 0.25) is 0 Å². The number of aryl methyl sites for hydroxylation is 1. The van der Waals surface area contributed by atoms with Crippen LogP contribution in [-0.4, -0.2) is 36.3 Å². The number of furan rings is 1. The second kappa shape index (κ2) is 8.86. The molecule has 3 rings (SSSR count). The van der Waals surface area contributed by atoms with Crippen molar-refractivity contribution in [2.75, 3.05) is 18.9 Å². The zero-order chi connectivity index (χ0) is 19.2. The topological polar surface area (TPSA) is 74.6 Å². The molecule has 0 bridgehead atoms. The molecule has 1 fully saturated rings. The average molecular weight is 369 g/mol. The fourth-order valence-corrected chi connectivity index (χ4v) is 3.45. The van der Waals surface area contributed by atoms with Gasteiger partial charge in [-0.2, -0.15) is 0 Å². The highest BCUT2D eigenvalue weighted by atomic mass is 16.3. The van der Waals surface area contributed by atoms with Gasteiger partial charge >= 0.3 is 0 Å². The zero-order valence-corrected chi connectivity index (χ0v) is 16.0. The zero-order valence-electron chi connectivity index (χ0n) is 16.0. The van der Waals surface area contributed by atoms with Gasteiger partial charge in [0.25, 0.3) is 5.91 Å². The lowest BCUT2D eigenvalue weighted by Crippen LogP contribution is -2.34. The van der Waals surface area contributed by atoms with Gasteiger partial charge in [0.2, 0.25) is 5.91 Å². The van der Waals surface area contributed by atoms with Gasteiger partial charge in [0.05, 0.1) is 24.3 Å². The molecule has 1 heterocycles. The van der Waals surface area contributed by atoms with Gasteiger partial charge in [-0.3, -0.25) is 14.5 Å². The summed E-state index contributed by atoms with van der Waals surface area (Å²) in [5.41, 5.74) is 1.04. The van der Waals surface area contributed by atoms with Crippen molar-refractivity contribution in [2.24, 2.45) is 0 Å². The second-order valence-corrected chi connectivity index (χ2v) is 7.23. The summed E-state index contributed by atoms with van der Waals surface area (Å²) >= 11 is 0. The van der Waals surface area contributed by atoms with Gasteiger partial charge in [-0.1, -0.05) is 25.0 Å². The first-order chi connectivity index (χ1) is 13.0. The Morgan fingerprint density at radius 3 is 2.59 bits per heavy atom. The Bertz CT molecular complexity index is 793. The highest BCUT2D eigenvalue weighted by molar-refractivity contribution is 6.04. The lowest BCUT2D eigenvalue weighted by molar-refractivity contribution is -0.117. The van der Waals surface area contributed by atoms with Crippen molar-refractivity contribution in [1.29, 1.82) is 0 Å². The lowest BCUT2D eigenvalue weighted by Gasteiger charge is -2.17. The Labute approximate surface area is 159 Å². The number of nitrogens with one attached hydrogen (secondary N) is 2. The van der Waals surface area contributed by atoms with E-state index in [4.69, 9.17) is 4.42 Å². The monoisotopic (exact) mass is 369 g/mol. The Hall–Kier alpha value is -2.60. The molecule has 27 heavy (non-hydrogen) atoms. The summed E-state index contributed by atoms with van der Waals surface area (Å²) in [4.78, 5) is 26.9. The summed E-state index contributed by atoms with van der Waals surface area (Å²) < 4.78 is 5.54. The van der Waals surface area contributed by atoms with Crippen molar-refractivity contribution in [3.63, 3.8) is 0 Å². The van der Waals surface area contributed by atoms with Gasteiger partial charge in [0, 0.05) is 6.04 Å². The van der Waals surface area contributed by atoms with Crippen molar-refractivity contribution in [3.05, 3.63) is 53.5 Å². The number of hydrogen-bond acceptors (Lipinski definition) is 4. The minimum Gasteiger partial charge on any atom is -0.465 e. The second-order valence-electron chi connectivity index (χ2n) is 7.23. The van der Waals surface area contributed by atoms with Crippen molar-refractivity contribution in [2.45, 2.75) is 45.2 Å². The molecule has 144 valence electrons. The minimum absolute atomic E-state index is 0.128. The van der Waals surface area contributed by atoms with Crippen LogP contribution >= 0.6 is 0 Å². The smallest absolute Gasteiger partial charge is 0.253 e. The highest BCUT2D eigenvalue weighted by Gasteiger charge is 2.20. The molecule has 1 aliphatic carbocycles. The normalized spacial score (nSPS) is 14.5. The average Bonchev–Trinajstić information content (AvgIpc) is 3.26. The van der Waals surface area contributed by atoms with Gasteiger partial charge in [-0.25, -0.2) is 0 Å². The molecule has 1 aliphatic rings. The number of para-hydroxylation sites is 1. The maximum atomic E-state index is 12.6. The van der Waals surface area contributed by atoms with Gasteiger partial charge in [-0.15, -0.1) is 0 Å². The van der Waals surface area contributed by atoms with E-state index >= 15 is 0 Å². The molecule has 6 heteroatoms. The Morgan fingerprint density at radius 1 is 1.15 bits per heavy atom. The molecular weight excluding hydrogens is 342 g/mol. The van der Waals surface area contributed by atoms with Gasteiger partial charge < -0.3 is 15.1 Å². The van der Waals surface area contributed by atoms with Crippen LogP contribution in [0.25, 0.3) is 0 Å². The van der Waals surface area contributed by atoms with E-state index in [2.05, 4.69) is 10.6 Å². The Morgan fingerprint density at radius 2 is 1.89 bits per heavy atom. The molecule has 2 aromatic rings. The Kier molecular flexibility index (Phi) is 6.29. The number of amides is 2. The van der Waals surface area contributed by atoms with Crippen LogP contribution in [-0.2, 0) is 11.3 Å². The maximum Gasteiger partial charge on any atom is 0.253 e. The molecule has 1 aromatic carbocycles. The first-order valence-electron chi connectivity index (χ1n) is 9.45. The molecule has 2 N–H and O–H groups in total. The molecular formula is C21H27N3O3. The van der Waals surface area contributed by atoms with Gasteiger partial charge in [0.1, 0.15) is 11.5 Å². The molecule has 0 aliphatic heterocycles. The fourth-order valence-electron chi connectivity index (χ4n) is 3.45. The van der Waals surface area contributed by atoms with Gasteiger partial charge in [-0.05, 0) is 51.1 Å². The number of nitrogens with zero attached hydrogens (tertiary/aromatic N) is 1. The van der Waals surface area contributed by atoms with Crippen LogP contribution < -0.4 is 10.6 Å². The predicted octanol–water partition coefficient (Wildman–Crippen LogP) is 3.33. The number of rotatable bonds is 7. The van der Waals surface area contributed by atoms with E-state index in [1.807, 2.05) is 43.1 Å². The largest absolute Gasteiger partial charge is 0.465 e. The molecule has 0 atom stereocenters. The van der Waals surface area contributed by atoms with E-state index in [1.54, 1.807) is 12.1 Å². The van der Waals surface area contributed by atoms with Crippen LogP contribution in [0.3, 0.4) is 0 Å². The van der Waals surface area contributed by atoms with E-state index in [0.717, 1.165) is 37.2 Å². The number of anilines is 1. The molecule has 2 amide bonds. The number of likely N-dealkylation sites (N-methyl/N-ethyl adjacent to an activating group) is 1. The van der Waals surface area contributed by atoms with Crippen molar-refractivity contribution in [1.82, 2.24) is 10.2 Å². The summed E-state index contributed by atoms with van der Waals surface area (Å²) in [7, 11) is 1.86. The first-order valence-corrected chi connectivity index (χ1v) is 9.45. The molecule has 0 saturated heterocycles. The number of benzene rings is 1. The van der Waals surface area contributed by atoms with Crippen LogP contribution in [0.4, 0.5) is 5.69 Å². The van der Waals surface area contributed by atoms with Crippen LogP contribution in [0.1, 0.15) is 47.6 Å². The molecule has 0 spiro atoms. The molecule has 0 radical (unpaired) electrons. The fraction of sp³-hybridized carbons (Fsp3) is 0.429. The number of carbonyl (C=O) groups is 2. The Balaban J connectivity index is 1.57. The third-order valence-electron chi connectivity index (χ3n) is 4.77. The molecule has 0 unspecified atom stereocenters. The number of carbonyl (C=O) groups excluding carboxylic acids is 2. The molecule has 6 nitrogen and oxygen atoms in total. The molecule has 1 aromatic heterocycles. The molecule has 1 saturated carbocycles. The van der Waals surface area contributed by atoms with Crippen LogP contribution in [0.5, 0.6) is 0 Å². The van der Waals surface area contributed by atoms with E-state index in [1.165, 1.54) is 0 Å². The predicted molar refractivity (Wildman–Crippen MR) is 105 cm³/mol. The van der Waals surface area contributed by atoms with E-state index in [9.17, 15) is 9.59 Å². The van der Waals surface area contributed by atoms with E-state index in [0.29, 0.717) is 17.8 Å². The standard InChI is InChI=1S/C21H27N3O3/c1-15-11-12-17(27-15)13-24(2)14-20(25)23-19-10-6-5-9-18(19)21(26)22-16-7-3-4-8-16/h5-6,9-12,16H,3-4,7-8,13-14H2,1-2H3,(H,22,26)(H,23,25). The summed E-state index contributed by atoms with van der Waals surface area (Å²) in [6.07, 6.45) is 4.37. The quantitative estimate of drug-likeness (QED) is 0.785. The first kappa shape index (κ1) is 19.2. The summed E-state index contributed by atoms with van der Waals surface area (Å²) in [5, 5.41) is 5.94. The van der Waals surface area contributed by atoms with Crippen LogP contribution in [0.15, 0.2) is 40.8 Å². The third-order valence-corrected chi connectivity index (χ3v) is 4.77. The third kappa shape index (κ3) is 5.44. The van der Waals surface area contributed by atoms with Crippen molar-refractivity contribution in [3.8, 4) is 0 Å². The maximum absolute atomic E-state index is 12.6. The van der Waals surface area contributed by atoms with E-state index < -0.39 is 0 Å². The summed E-state index contributed by atoms with van der Waals surface area (Å²) in [5.74, 6) is 1.38. The van der Waals surface area contributed by atoms with Crippen molar-refractivity contribution >= 4 is 17.5 Å². The summed E-state index contributed by atoms with van der Waals surface area (Å²) in [6.45, 7) is 2.65. The summed E-state index contributed by atoms with van der Waals surface area (Å²) in [6, 6.07) is 11.2. The minimum atomic E-state index is -0.165.